The molecule has 0 radical (unpaired) electrons. The maximum absolute atomic E-state index is 8.78. The summed E-state index contributed by atoms with van der Waals surface area (Å²) >= 11 is 0. The van der Waals surface area contributed by atoms with Gasteiger partial charge in [0.25, 0.3) is 0 Å². The van der Waals surface area contributed by atoms with Crippen molar-refractivity contribution < 1.29 is 47.1 Å². The van der Waals surface area contributed by atoms with E-state index in [0.717, 1.165) is 18.3 Å². The van der Waals surface area contributed by atoms with E-state index in [-0.39, 0.29) is 42.0 Å². The molecule has 1 nitrogen and oxygen atoms in total. The smallest absolute Gasteiger partial charge is 1.00 e. The standard InChI is InChI=1S/C20H40O.ClH.Na/c1-2-3-4-5-7-10-14-19-16-13-17-20(19)15-11-8-6-9-12-18-21;;/h19-21H,2-18H2,1H3;1H;/q;;+1/p-1/t19-,20-;;/m0../s1. The van der Waals surface area contributed by atoms with Crippen LogP contribution in [0, 0.1) is 11.8 Å². The Morgan fingerprint density at radius 2 is 1.13 bits per heavy atom. The summed E-state index contributed by atoms with van der Waals surface area (Å²) in [7, 11) is 0. The summed E-state index contributed by atoms with van der Waals surface area (Å²) < 4.78 is 0. The minimum atomic E-state index is 0. The molecule has 1 N–H and O–H groups in total. The Balaban J connectivity index is 0. The largest absolute Gasteiger partial charge is 1.00 e. The van der Waals surface area contributed by atoms with Crippen LogP contribution in [0.2, 0.25) is 0 Å². The molecule has 0 aromatic heterocycles. The van der Waals surface area contributed by atoms with Crippen molar-refractivity contribution in [2.75, 3.05) is 6.61 Å². The molecule has 3 heteroatoms. The average molecular weight is 355 g/mol. The van der Waals surface area contributed by atoms with Gasteiger partial charge in [-0.2, -0.15) is 0 Å². The first kappa shape index (κ1) is 26.5. The second-order valence-electron chi connectivity index (χ2n) is 7.29. The molecule has 0 amide bonds. The van der Waals surface area contributed by atoms with E-state index in [4.69, 9.17) is 5.11 Å². The number of hydrogen-bond acceptors (Lipinski definition) is 1. The molecule has 0 aromatic rings. The van der Waals surface area contributed by atoms with Crippen LogP contribution in [0.15, 0.2) is 0 Å². The predicted octanol–water partition coefficient (Wildman–Crippen LogP) is 0.494. The van der Waals surface area contributed by atoms with Crippen LogP contribution in [0.5, 0.6) is 0 Å². The van der Waals surface area contributed by atoms with Gasteiger partial charge >= 0.3 is 29.6 Å². The summed E-state index contributed by atoms with van der Waals surface area (Å²) in [6.07, 6.45) is 22.6. The molecular formula is C20H40ClNaO. The van der Waals surface area contributed by atoms with Gasteiger partial charge in [0.2, 0.25) is 0 Å². The number of unbranched alkanes of at least 4 members (excludes halogenated alkanes) is 9. The van der Waals surface area contributed by atoms with Gasteiger partial charge in [-0.05, 0) is 18.3 Å². The molecular weight excluding hydrogens is 315 g/mol. The molecule has 0 heterocycles. The van der Waals surface area contributed by atoms with Crippen molar-refractivity contribution >= 4 is 0 Å². The Hall–Kier alpha value is 1.25. The van der Waals surface area contributed by atoms with Crippen LogP contribution in [0.4, 0.5) is 0 Å². The second-order valence-corrected chi connectivity index (χ2v) is 7.29. The van der Waals surface area contributed by atoms with Crippen LogP contribution in [-0.4, -0.2) is 11.7 Å². The molecule has 23 heavy (non-hydrogen) atoms. The quantitative estimate of drug-likeness (QED) is 0.356. The molecule has 0 unspecified atom stereocenters. The Bertz CT molecular complexity index is 204. The number of aliphatic hydroxyl groups is 1. The monoisotopic (exact) mass is 354 g/mol. The van der Waals surface area contributed by atoms with E-state index in [1.807, 2.05) is 0 Å². The van der Waals surface area contributed by atoms with E-state index >= 15 is 0 Å². The molecule has 1 rings (SSSR count). The number of hydrogen-bond donors (Lipinski definition) is 1. The fourth-order valence-corrected chi connectivity index (χ4v) is 4.11. The van der Waals surface area contributed by atoms with E-state index in [2.05, 4.69) is 6.92 Å². The Morgan fingerprint density at radius 3 is 1.61 bits per heavy atom. The molecule has 0 spiro atoms. The van der Waals surface area contributed by atoms with Crippen LogP contribution in [0.3, 0.4) is 0 Å². The van der Waals surface area contributed by atoms with Crippen LogP contribution in [0.25, 0.3) is 0 Å². The van der Waals surface area contributed by atoms with Crippen LogP contribution in [0.1, 0.15) is 110 Å². The zero-order valence-corrected chi connectivity index (χ0v) is 18.8. The van der Waals surface area contributed by atoms with Crippen molar-refractivity contribution in [1.82, 2.24) is 0 Å². The predicted molar refractivity (Wildman–Crippen MR) is 93.6 cm³/mol. The molecule has 134 valence electrons. The SMILES string of the molecule is CCCCCCCC[C@H]1CCC[C@@H]1CCCCCCCO.[Cl-].[Na+]. The van der Waals surface area contributed by atoms with Crippen LogP contribution < -0.4 is 42.0 Å². The summed E-state index contributed by atoms with van der Waals surface area (Å²) in [5, 5.41) is 8.78. The van der Waals surface area contributed by atoms with Gasteiger partial charge in [0, 0.05) is 6.61 Å². The molecule has 2 atom stereocenters. The summed E-state index contributed by atoms with van der Waals surface area (Å²) in [5.41, 5.74) is 0. The third-order valence-electron chi connectivity index (χ3n) is 5.48. The van der Waals surface area contributed by atoms with E-state index in [1.54, 1.807) is 0 Å². The Morgan fingerprint density at radius 1 is 0.696 bits per heavy atom. The van der Waals surface area contributed by atoms with E-state index in [1.165, 1.54) is 96.3 Å². The van der Waals surface area contributed by atoms with Crippen molar-refractivity contribution in [1.29, 1.82) is 0 Å². The van der Waals surface area contributed by atoms with Gasteiger partial charge in [-0.15, -0.1) is 0 Å². The molecule has 0 bridgehead atoms. The molecule has 0 saturated heterocycles. The van der Waals surface area contributed by atoms with Gasteiger partial charge < -0.3 is 17.5 Å². The fourth-order valence-electron chi connectivity index (χ4n) is 4.11. The third kappa shape index (κ3) is 14.1. The summed E-state index contributed by atoms with van der Waals surface area (Å²) in [6, 6.07) is 0. The second kappa shape index (κ2) is 19.6. The van der Waals surface area contributed by atoms with Gasteiger partial charge in [-0.1, -0.05) is 103 Å². The zero-order valence-electron chi connectivity index (χ0n) is 16.0. The van der Waals surface area contributed by atoms with E-state index in [9.17, 15) is 0 Å². The fraction of sp³-hybridized carbons (Fsp3) is 1.00. The number of aliphatic hydroxyl groups excluding tert-OH is 1. The zero-order chi connectivity index (χ0) is 15.2. The molecule has 0 aromatic carbocycles. The summed E-state index contributed by atoms with van der Waals surface area (Å²) in [5.74, 6) is 2.12. The van der Waals surface area contributed by atoms with Crippen molar-refractivity contribution in [2.45, 2.75) is 110 Å². The van der Waals surface area contributed by atoms with Gasteiger partial charge in [0.15, 0.2) is 0 Å². The molecule has 1 fully saturated rings. The van der Waals surface area contributed by atoms with Crippen molar-refractivity contribution in [2.24, 2.45) is 11.8 Å². The minimum Gasteiger partial charge on any atom is -1.00 e. The normalized spacial score (nSPS) is 20.1. The van der Waals surface area contributed by atoms with Gasteiger partial charge in [-0.3, -0.25) is 0 Å². The topological polar surface area (TPSA) is 20.2 Å². The first-order valence-corrected chi connectivity index (χ1v) is 9.99. The molecule has 1 saturated carbocycles. The van der Waals surface area contributed by atoms with Gasteiger partial charge in [0.1, 0.15) is 0 Å². The van der Waals surface area contributed by atoms with E-state index < -0.39 is 0 Å². The third-order valence-corrected chi connectivity index (χ3v) is 5.48. The maximum atomic E-state index is 8.78. The Kier molecular flexibility index (Phi) is 22.5. The first-order chi connectivity index (χ1) is 10.4. The summed E-state index contributed by atoms with van der Waals surface area (Å²) in [6.45, 7) is 2.68. The number of halogens is 1. The van der Waals surface area contributed by atoms with Gasteiger partial charge in [-0.25, -0.2) is 0 Å². The number of rotatable bonds is 14. The average Bonchev–Trinajstić information content (AvgIpc) is 2.94. The first-order valence-electron chi connectivity index (χ1n) is 9.99. The minimum absolute atomic E-state index is 0. The maximum Gasteiger partial charge on any atom is 1.00 e. The van der Waals surface area contributed by atoms with Crippen molar-refractivity contribution in [3.05, 3.63) is 0 Å². The van der Waals surface area contributed by atoms with Crippen LogP contribution in [-0.2, 0) is 0 Å². The van der Waals surface area contributed by atoms with Gasteiger partial charge in [0.05, 0.1) is 0 Å². The molecule has 0 aliphatic heterocycles. The summed E-state index contributed by atoms with van der Waals surface area (Å²) in [4.78, 5) is 0. The van der Waals surface area contributed by atoms with Crippen LogP contribution >= 0.6 is 0 Å². The Labute approximate surface area is 174 Å². The van der Waals surface area contributed by atoms with Crippen molar-refractivity contribution in [3.63, 3.8) is 0 Å². The molecule has 1 aliphatic rings. The van der Waals surface area contributed by atoms with E-state index in [0.29, 0.717) is 6.61 Å². The molecule has 1 aliphatic carbocycles. The van der Waals surface area contributed by atoms with Crippen molar-refractivity contribution in [3.8, 4) is 0 Å².